The highest BCUT2D eigenvalue weighted by molar-refractivity contribution is 9.09. The van der Waals surface area contributed by atoms with E-state index in [0.29, 0.717) is 0 Å². The molecule has 20 heavy (non-hydrogen) atoms. The van der Waals surface area contributed by atoms with Crippen molar-refractivity contribution in [2.45, 2.75) is 4.83 Å². The van der Waals surface area contributed by atoms with E-state index in [1.807, 2.05) is 18.2 Å². The van der Waals surface area contributed by atoms with Crippen LogP contribution in [0.25, 0.3) is 10.1 Å². The molecule has 0 saturated heterocycles. The molecule has 1 nitrogen and oxygen atoms in total. The van der Waals surface area contributed by atoms with Crippen LogP contribution in [0, 0.1) is 5.82 Å². The summed E-state index contributed by atoms with van der Waals surface area (Å²) in [5.74, 6) is -0.0717. The fourth-order valence-electron chi connectivity index (χ4n) is 2.21. The third-order valence-corrected chi connectivity index (χ3v) is 5.26. The first-order valence-electron chi connectivity index (χ1n) is 6.14. The smallest absolute Gasteiger partial charge is 0.165 e. The molecular formula is C16H12BrFOS. The summed E-state index contributed by atoms with van der Waals surface area (Å²) in [6, 6.07) is 13.3. The topological polar surface area (TPSA) is 9.23 Å². The Morgan fingerprint density at radius 3 is 2.75 bits per heavy atom. The number of thiophene rings is 1. The quantitative estimate of drug-likeness (QED) is 0.564. The molecule has 1 unspecified atom stereocenters. The standard InChI is InChI=1S/C16H12BrFOS/c1-19-14-7-6-10(8-13(14)18)16(17)12-9-20-15-5-3-2-4-11(12)15/h2-9,16H,1H3. The molecule has 0 bridgehead atoms. The van der Waals surface area contributed by atoms with E-state index in [1.54, 1.807) is 17.4 Å². The molecule has 0 saturated carbocycles. The molecule has 0 aliphatic carbocycles. The van der Waals surface area contributed by atoms with Crippen LogP contribution >= 0.6 is 27.3 Å². The maximum absolute atomic E-state index is 13.8. The van der Waals surface area contributed by atoms with E-state index < -0.39 is 0 Å². The van der Waals surface area contributed by atoms with E-state index in [9.17, 15) is 4.39 Å². The number of ether oxygens (including phenoxy) is 1. The van der Waals surface area contributed by atoms with Crippen molar-refractivity contribution in [3.8, 4) is 5.75 Å². The predicted molar refractivity (Wildman–Crippen MR) is 85.5 cm³/mol. The second kappa shape index (κ2) is 5.54. The Morgan fingerprint density at radius 1 is 1.20 bits per heavy atom. The first-order chi connectivity index (χ1) is 9.70. The van der Waals surface area contributed by atoms with Gasteiger partial charge in [-0.1, -0.05) is 40.2 Å². The van der Waals surface area contributed by atoms with Crippen molar-refractivity contribution in [1.29, 1.82) is 0 Å². The molecule has 1 atom stereocenters. The summed E-state index contributed by atoms with van der Waals surface area (Å²) in [4.78, 5) is -0.0287. The lowest BCUT2D eigenvalue weighted by molar-refractivity contribution is 0.386. The lowest BCUT2D eigenvalue weighted by Gasteiger charge is -2.11. The Balaban J connectivity index is 2.04. The molecule has 0 aliphatic rings. The van der Waals surface area contributed by atoms with Gasteiger partial charge in [0.1, 0.15) is 0 Å². The minimum Gasteiger partial charge on any atom is -0.494 e. The summed E-state index contributed by atoms with van der Waals surface area (Å²) in [6.07, 6.45) is 0. The van der Waals surface area contributed by atoms with Crippen LogP contribution in [0.5, 0.6) is 5.75 Å². The van der Waals surface area contributed by atoms with Gasteiger partial charge in [-0.2, -0.15) is 0 Å². The minimum absolute atomic E-state index is 0.0287. The highest BCUT2D eigenvalue weighted by Crippen LogP contribution is 2.39. The van der Waals surface area contributed by atoms with Gasteiger partial charge >= 0.3 is 0 Å². The molecule has 4 heteroatoms. The zero-order chi connectivity index (χ0) is 14.1. The molecule has 0 spiro atoms. The highest BCUT2D eigenvalue weighted by Gasteiger charge is 2.16. The van der Waals surface area contributed by atoms with Crippen LogP contribution in [0.4, 0.5) is 4.39 Å². The van der Waals surface area contributed by atoms with Gasteiger partial charge in [0.25, 0.3) is 0 Å². The van der Waals surface area contributed by atoms with Gasteiger partial charge in [0.2, 0.25) is 0 Å². The van der Waals surface area contributed by atoms with Crippen molar-refractivity contribution in [2.24, 2.45) is 0 Å². The predicted octanol–water partition coefficient (Wildman–Crippen LogP) is 5.53. The summed E-state index contributed by atoms with van der Waals surface area (Å²) in [5.41, 5.74) is 2.04. The monoisotopic (exact) mass is 350 g/mol. The molecule has 2 aromatic carbocycles. The van der Waals surface area contributed by atoms with Crippen molar-refractivity contribution in [3.63, 3.8) is 0 Å². The number of hydrogen-bond donors (Lipinski definition) is 0. The third-order valence-electron chi connectivity index (χ3n) is 3.25. The molecule has 1 heterocycles. The summed E-state index contributed by atoms with van der Waals surface area (Å²) < 4.78 is 20.0. The lowest BCUT2D eigenvalue weighted by Crippen LogP contribution is -1.95. The zero-order valence-corrected chi connectivity index (χ0v) is 13.2. The average Bonchev–Trinajstić information content (AvgIpc) is 2.90. The van der Waals surface area contributed by atoms with Crippen LogP contribution in [0.15, 0.2) is 47.8 Å². The zero-order valence-electron chi connectivity index (χ0n) is 10.8. The van der Waals surface area contributed by atoms with Crippen LogP contribution in [-0.2, 0) is 0 Å². The summed E-state index contributed by atoms with van der Waals surface area (Å²) in [5, 5.41) is 3.32. The lowest BCUT2D eigenvalue weighted by atomic mass is 10.0. The largest absolute Gasteiger partial charge is 0.494 e. The fraction of sp³-hybridized carbons (Fsp3) is 0.125. The van der Waals surface area contributed by atoms with Crippen molar-refractivity contribution in [2.75, 3.05) is 7.11 Å². The molecule has 0 amide bonds. The molecule has 0 radical (unpaired) electrons. The van der Waals surface area contributed by atoms with E-state index in [-0.39, 0.29) is 16.4 Å². The van der Waals surface area contributed by atoms with E-state index in [1.165, 1.54) is 23.3 Å². The number of hydrogen-bond acceptors (Lipinski definition) is 2. The Kier molecular flexibility index (Phi) is 3.76. The highest BCUT2D eigenvalue weighted by atomic mass is 79.9. The molecule has 1 aromatic heterocycles. The van der Waals surface area contributed by atoms with E-state index in [0.717, 1.165) is 11.1 Å². The number of fused-ring (bicyclic) bond motifs is 1. The van der Waals surface area contributed by atoms with E-state index >= 15 is 0 Å². The Bertz CT molecular complexity index is 753. The van der Waals surface area contributed by atoms with Gasteiger partial charge in [-0.05, 0) is 40.1 Å². The van der Waals surface area contributed by atoms with E-state index in [4.69, 9.17) is 4.74 Å². The minimum atomic E-state index is -0.339. The maximum atomic E-state index is 13.8. The van der Waals surface area contributed by atoms with Crippen molar-refractivity contribution in [3.05, 3.63) is 64.8 Å². The van der Waals surface area contributed by atoms with Crippen LogP contribution in [0.1, 0.15) is 16.0 Å². The second-order valence-corrected chi connectivity index (χ2v) is 6.27. The van der Waals surface area contributed by atoms with Gasteiger partial charge in [-0.15, -0.1) is 11.3 Å². The summed E-state index contributed by atoms with van der Waals surface area (Å²) in [6.45, 7) is 0. The third kappa shape index (κ3) is 2.34. The molecule has 0 aliphatic heterocycles. The normalized spacial score (nSPS) is 12.6. The first-order valence-corrected chi connectivity index (χ1v) is 7.94. The molecule has 0 N–H and O–H groups in total. The average molecular weight is 351 g/mol. The second-order valence-electron chi connectivity index (χ2n) is 4.44. The van der Waals surface area contributed by atoms with Gasteiger partial charge in [0.05, 0.1) is 11.9 Å². The van der Waals surface area contributed by atoms with E-state index in [2.05, 4.69) is 33.4 Å². The summed E-state index contributed by atoms with van der Waals surface area (Å²) in [7, 11) is 1.47. The van der Waals surface area contributed by atoms with Crippen LogP contribution in [-0.4, -0.2) is 7.11 Å². The Morgan fingerprint density at radius 2 is 2.00 bits per heavy atom. The molecular weight excluding hydrogens is 339 g/mol. The van der Waals surface area contributed by atoms with Crippen LogP contribution in [0.3, 0.4) is 0 Å². The molecule has 102 valence electrons. The Labute approximate surface area is 129 Å². The molecule has 3 rings (SSSR count). The number of rotatable bonds is 3. The van der Waals surface area contributed by atoms with Crippen molar-refractivity contribution < 1.29 is 9.13 Å². The van der Waals surface area contributed by atoms with Gasteiger partial charge in [-0.3, -0.25) is 0 Å². The first kappa shape index (κ1) is 13.6. The molecule has 0 fully saturated rings. The number of alkyl halides is 1. The van der Waals surface area contributed by atoms with Crippen molar-refractivity contribution in [1.82, 2.24) is 0 Å². The van der Waals surface area contributed by atoms with Gasteiger partial charge in [0, 0.05) is 4.70 Å². The number of benzene rings is 2. The Hall–Kier alpha value is -1.39. The maximum Gasteiger partial charge on any atom is 0.165 e. The SMILES string of the molecule is COc1ccc(C(Br)c2csc3ccccc23)cc1F. The van der Waals surface area contributed by atoms with Crippen LogP contribution < -0.4 is 4.74 Å². The van der Waals surface area contributed by atoms with Gasteiger partial charge in [0.15, 0.2) is 11.6 Å². The number of halogens is 2. The van der Waals surface area contributed by atoms with Gasteiger partial charge in [-0.25, -0.2) is 4.39 Å². The number of methoxy groups -OCH3 is 1. The van der Waals surface area contributed by atoms with Gasteiger partial charge < -0.3 is 4.74 Å². The van der Waals surface area contributed by atoms with Crippen LogP contribution in [0.2, 0.25) is 0 Å². The summed E-state index contributed by atoms with van der Waals surface area (Å²) >= 11 is 5.37. The van der Waals surface area contributed by atoms with Crippen molar-refractivity contribution >= 4 is 37.4 Å². The fourth-order valence-corrected chi connectivity index (χ4v) is 4.04. The molecule has 3 aromatic rings.